The number of hydrogen-bond donors (Lipinski definition) is 2. The quantitative estimate of drug-likeness (QED) is 0.902. The van der Waals surface area contributed by atoms with E-state index in [1.165, 1.54) is 19.3 Å². The number of nitrogens with zero attached hydrogens (tertiary/aromatic N) is 3. The molecular formula is C18H23N5O. The van der Waals surface area contributed by atoms with Gasteiger partial charge in [0.15, 0.2) is 0 Å². The standard InChI is InChI=1S/C18H23N5O/c19-15-7-12-3-1-4-13(8-15)17(12)22-18(24)14-9-21-23(11-14)16-5-2-6-20-10-16/h2,5-6,9-13,15,17H,1,3-4,7-8,19H2,(H,22,24). The number of nitrogens with one attached hydrogen (secondary N) is 1. The van der Waals surface area contributed by atoms with Gasteiger partial charge in [-0.05, 0) is 49.7 Å². The Morgan fingerprint density at radius 1 is 1.25 bits per heavy atom. The Labute approximate surface area is 141 Å². The van der Waals surface area contributed by atoms with Crippen LogP contribution in [0.15, 0.2) is 36.9 Å². The SMILES string of the molecule is NC1CC2CCCC(C1)C2NC(=O)c1cnn(-c2cccnc2)c1. The summed E-state index contributed by atoms with van der Waals surface area (Å²) in [6.45, 7) is 0. The predicted octanol–water partition coefficient (Wildman–Crippen LogP) is 1.90. The van der Waals surface area contributed by atoms with Crippen molar-refractivity contribution in [1.82, 2.24) is 20.1 Å². The Hall–Kier alpha value is -2.21. The Morgan fingerprint density at radius 3 is 2.75 bits per heavy atom. The second-order valence-electron chi connectivity index (χ2n) is 7.07. The first-order valence-electron chi connectivity index (χ1n) is 8.72. The van der Waals surface area contributed by atoms with Gasteiger partial charge in [-0.3, -0.25) is 9.78 Å². The average molecular weight is 325 g/mol. The van der Waals surface area contributed by atoms with Gasteiger partial charge in [-0.15, -0.1) is 0 Å². The number of nitrogens with two attached hydrogens (primary N) is 1. The van der Waals surface area contributed by atoms with E-state index in [1.807, 2.05) is 12.1 Å². The van der Waals surface area contributed by atoms with Crippen molar-refractivity contribution in [3.8, 4) is 5.69 Å². The molecule has 2 aliphatic rings. The van der Waals surface area contributed by atoms with Crippen LogP contribution >= 0.6 is 0 Å². The van der Waals surface area contributed by atoms with Crippen molar-refractivity contribution >= 4 is 5.91 Å². The van der Waals surface area contributed by atoms with Crippen molar-refractivity contribution in [2.24, 2.45) is 17.6 Å². The van der Waals surface area contributed by atoms with Crippen LogP contribution in [-0.4, -0.2) is 32.8 Å². The first-order chi connectivity index (χ1) is 11.7. The Balaban J connectivity index is 1.48. The van der Waals surface area contributed by atoms with Crippen molar-refractivity contribution < 1.29 is 4.79 Å². The molecule has 4 rings (SSSR count). The molecule has 2 atom stereocenters. The lowest BCUT2D eigenvalue weighted by Gasteiger charge is -2.45. The van der Waals surface area contributed by atoms with Crippen LogP contribution in [0.25, 0.3) is 5.69 Å². The van der Waals surface area contributed by atoms with Gasteiger partial charge in [-0.1, -0.05) is 6.42 Å². The molecule has 24 heavy (non-hydrogen) atoms. The number of rotatable bonds is 3. The minimum Gasteiger partial charge on any atom is -0.349 e. The van der Waals surface area contributed by atoms with Crippen molar-refractivity contribution in [2.45, 2.75) is 44.2 Å². The maximum absolute atomic E-state index is 12.7. The van der Waals surface area contributed by atoms with E-state index >= 15 is 0 Å². The normalized spacial score (nSPS) is 29.2. The van der Waals surface area contributed by atoms with E-state index in [-0.39, 0.29) is 11.9 Å². The van der Waals surface area contributed by atoms with Crippen LogP contribution in [-0.2, 0) is 0 Å². The summed E-state index contributed by atoms with van der Waals surface area (Å²) in [5.74, 6) is 0.997. The van der Waals surface area contributed by atoms with Crippen LogP contribution < -0.4 is 11.1 Å². The number of carbonyl (C=O) groups is 1. The van der Waals surface area contributed by atoms with E-state index in [9.17, 15) is 4.79 Å². The molecule has 0 saturated heterocycles. The lowest BCUT2D eigenvalue weighted by molar-refractivity contribution is 0.0756. The van der Waals surface area contributed by atoms with E-state index in [2.05, 4.69) is 15.4 Å². The van der Waals surface area contributed by atoms with E-state index in [0.29, 0.717) is 23.4 Å². The van der Waals surface area contributed by atoms with Crippen molar-refractivity contribution in [1.29, 1.82) is 0 Å². The number of fused-ring (bicyclic) bond motifs is 2. The summed E-state index contributed by atoms with van der Waals surface area (Å²) in [5.41, 5.74) is 7.60. The third-order valence-corrected chi connectivity index (χ3v) is 5.43. The third kappa shape index (κ3) is 2.94. The van der Waals surface area contributed by atoms with Crippen molar-refractivity contribution in [3.05, 3.63) is 42.5 Å². The molecule has 0 radical (unpaired) electrons. The minimum atomic E-state index is -0.0393. The highest BCUT2D eigenvalue weighted by Gasteiger charge is 2.40. The van der Waals surface area contributed by atoms with Crippen LogP contribution in [0, 0.1) is 11.8 Å². The first kappa shape index (κ1) is 15.3. The molecule has 0 aromatic carbocycles. The molecule has 2 aromatic heterocycles. The summed E-state index contributed by atoms with van der Waals surface area (Å²) in [4.78, 5) is 16.7. The number of carbonyl (C=O) groups excluding carboxylic acids is 1. The molecule has 6 heteroatoms. The molecule has 6 nitrogen and oxygen atoms in total. The lowest BCUT2D eigenvalue weighted by Crippen LogP contribution is -2.53. The van der Waals surface area contributed by atoms with E-state index in [0.717, 1.165) is 18.5 Å². The Bertz CT molecular complexity index is 699. The third-order valence-electron chi connectivity index (χ3n) is 5.43. The maximum atomic E-state index is 12.7. The number of aromatic nitrogens is 3. The molecule has 2 fully saturated rings. The van der Waals surface area contributed by atoms with Crippen LogP contribution in [0.5, 0.6) is 0 Å². The first-order valence-corrected chi connectivity index (χ1v) is 8.72. The van der Waals surface area contributed by atoms with Gasteiger partial charge in [0, 0.05) is 24.5 Å². The minimum absolute atomic E-state index is 0.0393. The fourth-order valence-electron chi connectivity index (χ4n) is 4.33. The highest BCUT2D eigenvalue weighted by atomic mass is 16.1. The summed E-state index contributed by atoms with van der Waals surface area (Å²) in [5, 5.41) is 7.54. The zero-order valence-corrected chi connectivity index (χ0v) is 13.6. The van der Waals surface area contributed by atoms with Gasteiger partial charge in [0.2, 0.25) is 0 Å². The molecule has 2 heterocycles. The Morgan fingerprint density at radius 2 is 2.04 bits per heavy atom. The van der Waals surface area contributed by atoms with Crippen molar-refractivity contribution in [2.75, 3.05) is 0 Å². The molecule has 0 spiro atoms. The fraction of sp³-hybridized carbons (Fsp3) is 0.500. The molecule has 2 saturated carbocycles. The molecule has 1 amide bonds. The molecule has 2 aromatic rings. The molecule has 2 aliphatic carbocycles. The summed E-state index contributed by atoms with van der Waals surface area (Å²) in [7, 11) is 0. The van der Waals surface area contributed by atoms with Gasteiger partial charge < -0.3 is 11.1 Å². The fourth-order valence-corrected chi connectivity index (χ4v) is 4.33. The number of pyridine rings is 1. The van der Waals surface area contributed by atoms with Crippen LogP contribution in [0.4, 0.5) is 0 Å². The largest absolute Gasteiger partial charge is 0.349 e. The van der Waals surface area contributed by atoms with E-state index < -0.39 is 0 Å². The van der Waals surface area contributed by atoms with Gasteiger partial charge >= 0.3 is 0 Å². The molecule has 0 aliphatic heterocycles. The smallest absolute Gasteiger partial charge is 0.254 e. The zero-order chi connectivity index (χ0) is 16.5. The second kappa shape index (κ2) is 6.36. The number of amides is 1. The second-order valence-corrected chi connectivity index (χ2v) is 7.07. The zero-order valence-electron chi connectivity index (χ0n) is 13.6. The highest BCUT2D eigenvalue weighted by molar-refractivity contribution is 5.94. The van der Waals surface area contributed by atoms with Gasteiger partial charge in [-0.2, -0.15) is 5.10 Å². The lowest BCUT2D eigenvalue weighted by atomic mass is 9.67. The van der Waals surface area contributed by atoms with Crippen LogP contribution in [0.2, 0.25) is 0 Å². The topological polar surface area (TPSA) is 85.8 Å². The van der Waals surface area contributed by atoms with Crippen LogP contribution in [0.1, 0.15) is 42.5 Å². The van der Waals surface area contributed by atoms with E-state index in [1.54, 1.807) is 29.5 Å². The van der Waals surface area contributed by atoms with Gasteiger partial charge in [0.05, 0.1) is 23.6 Å². The molecule has 2 unspecified atom stereocenters. The van der Waals surface area contributed by atoms with E-state index in [4.69, 9.17) is 5.73 Å². The van der Waals surface area contributed by atoms with Gasteiger partial charge in [0.25, 0.3) is 5.91 Å². The molecule has 126 valence electrons. The highest BCUT2D eigenvalue weighted by Crippen LogP contribution is 2.39. The summed E-state index contributed by atoms with van der Waals surface area (Å²) in [6.07, 6.45) is 12.5. The molecule has 3 N–H and O–H groups in total. The summed E-state index contributed by atoms with van der Waals surface area (Å²) in [6, 6.07) is 4.31. The predicted molar refractivity (Wildman–Crippen MR) is 90.7 cm³/mol. The monoisotopic (exact) mass is 325 g/mol. The van der Waals surface area contributed by atoms with Gasteiger partial charge in [-0.25, -0.2) is 4.68 Å². The Kier molecular flexibility index (Phi) is 4.06. The van der Waals surface area contributed by atoms with Gasteiger partial charge in [0.1, 0.15) is 0 Å². The average Bonchev–Trinajstić information content (AvgIpc) is 3.07. The molecule has 2 bridgehead atoms. The number of hydrogen-bond acceptors (Lipinski definition) is 4. The maximum Gasteiger partial charge on any atom is 0.254 e. The van der Waals surface area contributed by atoms with Crippen molar-refractivity contribution in [3.63, 3.8) is 0 Å². The molecular weight excluding hydrogens is 302 g/mol. The summed E-state index contributed by atoms with van der Waals surface area (Å²) >= 11 is 0. The van der Waals surface area contributed by atoms with Crippen LogP contribution in [0.3, 0.4) is 0 Å². The summed E-state index contributed by atoms with van der Waals surface area (Å²) < 4.78 is 1.68.